The zero-order valence-electron chi connectivity index (χ0n) is 14.2. The van der Waals surface area contributed by atoms with E-state index in [4.69, 9.17) is 9.47 Å². The standard InChI is InChI=1S/C18H24N2O4S/c21-17(12-25-14-1-5-19-6-2-14)20-9-13-10-24-8-4-18(13,22)15-11-23-7-3-16(15)20/h1-2,5-6,13,15-16,22H,3-4,7-12H2/t13-,15+,16-,18-/m0/s1. The molecule has 0 bridgehead atoms. The van der Waals surface area contributed by atoms with Gasteiger partial charge in [0.15, 0.2) is 0 Å². The molecule has 3 fully saturated rings. The number of pyridine rings is 1. The molecule has 1 N–H and O–H groups in total. The molecule has 4 rings (SSSR count). The highest BCUT2D eigenvalue weighted by molar-refractivity contribution is 8.00. The van der Waals surface area contributed by atoms with Crippen LogP contribution in [0.25, 0.3) is 0 Å². The smallest absolute Gasteiger partial charge is 0.233 e. The monoisotopic (exact) mass is 364 g/mol. The van der Waals surface area contributed by atoms with Gasteiger partial charge < -0.3 is 19.5 Å². The van der Waals surface area contributed by atoms with Gasteiger partial charge in [-0.2, -0.15) is 0 Å². The predicted octanol–water partition coefficient (Wildman–Crippen LogP) is 1.19. The van der Waals surface area contributed by atoms with Gasteiger partial charge in [-0.05, 0) is 18.6 Å². The highest BCUT2D eigenvalue weighted by Crippen LogP contribution is 2.44. The van der Waals surface area contributed by atoms with Gasteiger partial charge in [0, 0.05) is 61.3 Å². The van der Waals surface area contributed by atoms with E-state index in [1.165, 1.54) is 11.8 Å². The topological polar surface area (TPSA) is 71.9 Å². The number of amides is 1. The van der Waals surface area contributed by atoms with Crippen molar-refractivity contribution in [2.24, 2.45) is 11.8 Å². The van der Waals surface area contributed by atoms with Gasteiger partial charge in [0.05, 0.1) is 24.6 Å². The van der Waals surface area contributed by atoms with Crippen LogP contribution in [0.5, 0.6) is 0 Å². The van der Waals surface area contributed by atoms with E-state index in [1.54, 1.807) is 12.4 Å². The molecule has 3 saturated heterocycles. The van der Waals surface area contributed by atoms with Crippen molar-refractivity contribution in [3.8, 4) is 0 Å². The minimum atomic E-state index is -0.766. The maximum absolute atomic E-state index is 12.9. The number of likely N-dealkylation sites (tertiary alicyclic amines) is 1. The zero-order valence-corrected chi connectivity index (χ0v) is 15.0. The van der Waals surface area contributed by atoms with Gasteiger partial charge >= 0.3 is 0 Å². The minimum absolute atomic E-state index is 0.0150. The Bertz CT molecular complexity index is 616. The lowest BCUT2D eigenvalue weighted by atomic mass is 9.66. The molecule has 0 radical (unpaired) electrons. The van der Waals surface area contributed by atoms with Gasteiger partial charge in [-0.15, -0.1) is 11.8 Å². The molecule has 6 nitrogen and oxygen atoms in total. The van der Waals surface area contributed by atoms with Crippen molar-refractivity contribution in [3.05, 3.63) is 24.5 Å². The summed E-state index contributed by atoms with van der Waals surface area (Å²) in [6.45, 7) is 2.86. The molecule has 1 aromatic rings. The van der Waals surface area contributed by atoms with Crippen molar-refractivity contribution in [3.63, 3.8) is 0 Å². The Balaban J connectivity index is 1.49. The number of rotatable bonds is 3. The first-order chi connectivity index (χ1) is 12.2. The largest absolute Gasteiger partial charge is 0.389 e. The Morgan fingerprint density at radius 1 is 1.32 bits per heavy atom. The van der Waals surface area contributed by atoms with Crippen LogP contribution >= 0.6 is 11.8 Å². The van der Waals surface area contributed by atoms with Crippen LogP contribution in [0.2, 0.25) is 0 Å². The molecular weight excluding hydrogens is 340 g/mol. The van der Waals surface area contributed by atoms with E-state index >= 15 is 0 Å². The summed E-state index contributed by atoms with van der Waals surface area (Å²) >= 11 is 1.53. The minimum Gasteiger partial charge on any atom is -0.389 e. The summed E-state index contributed by atoms with van der Waals surface area (Å²) in [5, 5.41) is 11.3. The Hall–Kier alpha value is -1.15. The zero-order chi connectivity index (χ0) is 17.3. The summed E-state index contributed by atoms with van der Waals surface area (Å²) in [5.74, 6) is 0.490. The Morgan fingerprint density at radius 2 is 2.12 bits per heavy atom. The number of aliphatic hydroxyl groups is 1. The van der Waals surface area contributed by atoms with Gasteiger partial charge in [0.25, 0.3) is 0 Å². The molecule has 0 aromatic carbocycles. The second-order valence-corrected chi connectivity index (χ2v) is 8.12. The van der Waals surface area contributed by atoms with Gasteiger partial charge in [-0.25, -0.2) is 0 Å². The van der Waals surface area contributed by atoms with Gasteiger partial charge in [0.1, 0.15) is 0 Å². The van der Waals surface area contributed by atoms with Crippen LogP contribution in [-0.4, -0.2) is 71.3 Å². The van der Waals surface area contributed by atoms with Crippen molar-refractivity contribution in [2.75, 3.05) is 38.7 Å². The molecule has 7 heteroatoms. The molecule has 0 unspecified atom stereocenters. The Labute approximate surface area is 151 Å². The molecule has 0 saturated carbocycles. The van der Waals surface area contributed by atoms with Crippen LogP contribution in [0.15, 0.2) is 29.4 Å². The molecular formula is C18H24N2O4S. The van der Waals surface area contributed by atoms with E-state index < -0.39 is 5.60 Å². The lowest BCUT2D eigenvalue weighted by molar-refractivity contribution is -0.218. The van der Waals surface area contributed by atoms with Crippen molar-refractivity contribution in [1.82, 2.24) is 9.88 Å². The SMILES string of the molecule is O=C(CSc1ccncc1)N1C[C@H]2COCC[C@@]2(O)[C@@H]2COCC[C@@H]21. The number of hydrogen-bond donors (Lipinski definition) is 1. The van der Waals surface area contributed by atoms with Crippen LogP contribution < -0.4 is 0 Å². The van der Waals surface area contributed by atoms with Crippen molar-refractivity contribution < 1.29 is 19.4 Å². The van der Waals surface area contributed by atoms with E-state index in [9.17, 15) is 9.90 Å². The molecule has 3 aliphatic heterocycles. The van der Waals surface area contributed by atoms with E-state index in [0.717, 1.165) is 11.3 Å². The third-order valence-corrected chi connectivity index (χ3v) is 6.78. The molecule has 0 aliphatic carbocycles. The van der Waals surface area contributed by atoms with Crippen LogP contribution in [0.1, 0.15) is 12.8 Å². The normalized spacial score (nSPS) is 34.9. The second-order valence-electron chi connectivity index (χ2n) is 7.07. The lowest BCUT2D eigenvalue weighted by Gasteiger charge is -2.57. The molecule has 1 amide bonds. The van der Waals surface area contributed by atoms with E-state index in [2.05, 4.69) is 4.98 Å². The second kappa shape index (κ2) is 7.23. The third-order valence-electron chi connectivity index (χ3n) is 5.78. The van der Waals surface area contributed by atoms with Crippen LogP contribution in [0.4, 0.5) is 0 Å². The van der Waals surface area contributed by atoms with Crippen LogP contribution in [-0.2, 0) is 14.3 Å². The number of hydrogen-bond acceptors (Lipinski definition) is 6. The third kappa shape index (κ3) is 3.30. The Morgan fingerprint density at radius 3 is 2.96 bits per heavy atom. The maximum Gasteiger partial charge on any atom is 0.233 e. The number of fused-ring (bicyclic) bond motifs is 3. The number of carbonyl (C=O) groups is 1. The number of piperidine rings is 1. The van der Waals surface area contributed by atoms with Gasteiger partial charge in [-0.3, -0.25) is 9.78 Å². The summed E-state index contributed by atoms with van der Waals surface area (Å²) in [5.41, 5.74) is -0.766. The maximum atomic E-state index is 12.9. The average molecular weight is 364 g/mol. The summed E-state index contributed by atoms with van der Waals surface area (Å²) in [6.07, 6.45) is 4.91. The number of thioether (sulfide) groups is 1. The predicted molar refractivity (Wildman–Crippen MR) is 93.3 cm³/mol. The summed E-state index contributed by atoms with van der Waals surface area (Å²) in [6, 6.07) is 3.90. The van der Waals surface area contributed by atoms with Gasteiger partial charge in [0.2, 0.25) is 5.91 Å². The lowest BCUT2D eigenvalue weighted by Crippen LogP contribution is -2.69. The van der Waals surface area contributed by atoms with Crippen molar-refractivity contribution >= 4 is 17.7 Å². The van der Waals surface area contributed by atoms with Crippen molar-refractivity contribution in [2.45, 2.75) is 29.4 Å². The fourth-order valence-electron chi connectivity index (χ4n) is 4.41. The average Bonchev–Trinajstić information content (AvgIpc) is 2.66. The number of nitrogens with zero attached hydrogens (tertiary/aromatic N) is 2. The summed E-state index contributed by atoms with van der Waals surface area (Å²) in [7, 11) is 0. The molecule has 1 aromatic heterocycles. The van der Waals surface area contributed by atoms with E-state index in [1.807, 2.05) is 17.0 Å². The number of aromatic nitrogens is 1. The molecule has 4 heterocycles. The van der Waals surface area contributed by atoms with Gasteiger partial charge in [-0.1, -0.05) is 0 Å². The highest BCUT2D eigenvalue weighted by atomic mass is 32.2. The molecule has 25 heavy (non-hydrogen) atoms. The molecule has 136 valence electrons. The van der Waals surface area contributed by atoms with E-state index in [-0.39, 0.29) is 23.8 Å². The first kappa shape index (κ1) is 17.3. The highest BCUT2D eigenvalue weighted by Gasteiger charge is 2.56. The molecule has 0 spiro atoms. The first-order valence-electron chi connectivity index (χ1n) is 8.88. The number of carbonyl (C=O) groups excluding carboxylic acids is 1. The number of ether oxygens (including phenoxy) is 2. The van der Waals surface area contributed by atoms with E-state index in [0.29, 0.717) is 45.1 Å². The first-order valence-corrected chi connectivity index (χ1v) is 9.87. The fourth-order valence-corrected chi connectivity index (χ4v) is 5.18. The molecule has 3 aliphatic rings. The van der Waals surface area contributed by atoms with Crippen LogP contribution in [0, 0.1) is 11.8 Å². The quantitative estimate of drug-likeness (QED) is 0.813. The fraction of sp³-hybridized carbons (Fsp3) is 0.667. The Kier molecular flexibility index (Phi) is 4.99. The summed E-state index contributed by atoms with van der Waals surface area (Å²) in [4.78, 5) is 20.0. The van der Waals surface area contributed by atoms with Crippen molar-refractivity contribution in [1.29, 1.82) is 0 Å². The molecule has 4 atom stereocenters. The summed E-state index contributed by atoms with van der Waals surface area (Å²) < 4.78 is 11.2. The van der Waals surface area contributed by atoms with Crippen LogP contribution in [0.3, 0.4) is 0 Å².